The summed E-state index contributed by atoms with van der Waals surface area (Å²) in [6.45, 7) is -0.580. The number of anilines is 3. The zero-order valence-corrected chi connectivity index (χ0v) is 18.6. The molecule has 2 aliphatic rings. The number of aromatic nitrogens is 2. The number of hydrogen-bond donors (Lipinski definition) is 4. The van der Waals surface area contributed by atoms with Gasteiger partial charge in [-0.15, -0.1) is 12.6 Å². The van der Waals surface area contributed by atoms with Crippen molar-refractivity contribution in [3.63, 3.8) is 0 Å². The molecule has 1 aromatic heterocycles. The molecule has 13 nitrogen and oxygen atoms in total. The first-order chi connectivity index (χ1) is 11.2. The van der Waals surface area contributed by atoms with E-state index < -0.39 is 38.7 Å². The van der Waals surface area contributed by atoms with Crippen LogP contribution in [-0.4, -0.2) is 45.9 Å². The van der Waals surface area contributed by atoms with Crippen molar-refractivity contribution >= 4 is 50.5 Å². The Bertz CT molecular complexity index is 767. The average molecular weight is 611 g/mol. The van der Waals surface area contributed by atoms with Crippen LogP contribution in [0.5, 0.6) is 5.88 Å². The van der Waals surface area contributed by atoms with E-state index in [9.17, 15) is 19.5 Å². The average Bonchev–Trinajstić information content (AvgIpc) is 2.47. The van der Waals surface area contributed by atoms with Gasteiger partial charge in [0, 0.05) is 5.88 Å². The van der Waals surface area contributed by atoms with Crippen LogP contribution in [0.4, 0.5) is 17.5 Å². The SMILES string of the molecule is Nc1nc([O-])c2c(n1)N[C@@H]1O[C@H](COP(=O)([O-])[O-])C([S-])=C(S)[C@@H]1N2.O.O.[W+2]. The van der Waals surface area contributed by atoms with E-state index in [4.69, 9.17) is 23.1 Å². The number of phosphoric acid groups is 1. The van der Waals surface area contributed by atoms with Crippen LogP contribution in [0.15, 0.2) is 9.81 Å². The second-order valence-electron chi connectivity index (χ2n) is 4.91. The van der Waals surface area contributed by atoms with Gasteiger partial charge in [0.1, 0.15) is 6.04 Å². The minimum absolute atomic E-state index is 0. The fraction of sp³-hybridized carbons (Fsp3) is 0.400. The summed E-state index contributed by atoms with van der Waals surface area (Å²) in [7, 11) is -5.17. The molecule has 0 radical (unpaired) electrons. The van der Waals surface area contributed by atoms with E-state index in [0.717, 1.165) is 0 Å². The number of ether oxygens (including phenoxy) is 1. The number of hydrogen-bond acceptors (Lipinski definition) is 13. The molecule has 0 spiro atoms. The smallest absolute Gasteiger partial charge is 0.857 e. The molecule has 2 aliphatic heterocycles. The second kappa shape index (κ2) is 9.65. The van der Waals surface area contributed by atoms with Gasteiger partial charge >= 0.3 is 21.1 Å². The van der Waals surface area contributed by atoms with Crippen molar-refractivity contribution in [3.8, 4) is 5.88 Å². The molecule has 0 aliphatic carbocycles. The summed E-state index contributed by atoms with van der Waals surface area (Å²) in [6, 6.07) is -0.629. The molecule has 27 heavy (non-hydrogen) atoms. The summed E-state index contributed by atoms with van der Waals surface area (Å²) < 4.78 is 20.4. The third-order valence-electron chi connectivity index (χ3n) is 3.31. The Morgan fingerprint density at radius 2 is 1.96 bits per heavy atom. The molecule has 3 rings (SSSR count). The Morgan fingerprint density at radius 1 is 1.33 bits per heavy atom. The quantitative estimate of drug-likeness (QED) is 0.145. The van der Waals surface area contributed by atoms with Gasteiger partial charge in [0.25, 0.3) is 0 Å². The van der Waals surface area contributed by atoms with Crippen molar-refractivity contribution in [1.29, 1.82) is 0 Å². The van der Waals surface area contributed by atoms with Crippen molar-refractivity contribution < 1.29 is 60.7 Å². The van der Waals surface area contributed by atoms with Crippen LogP contribution in [0.2, 0.25) is 0 Å². The molecule has 0 saturated heterocycles. The monoisotopic (exact) mass is 611 g/mol. The summed E-state index contributed by atoms with van der Waals surface area (Å²) in [5.74, 6) is -0.702. The Morgan fingerprint density at radius 3 is 2.56 bits per heavy atom. The van der Waals surface area contributed by atoms with E-state index >= 15 is 0 Å². The number of thiol groups is 1. The third-order valence-corrected chi connectivity index (χ3v) is 4.93. The van der Waals surface area contributed by atoms with Gasteiger partial charge in [-0.3, -0.25) is 0 Å². The van der Waals surface area contributed by atoms with Gasteiger partial charge in [-0.25, -0.2) is 4.98 Å². The molecule has 1 aromatic rings. The summed E-state index contributed by atoms with van der Waals surface area (Å²) in [5, 5.41) is 17.6. The Kier molecular flexibility index (Phi) is 9.39. The topological polar surface area (TPSA) is 244 Å². The molecular formula is C10H14N5O8PS2W-2. The van der Waals surface area contributed by atoms with Crippen LogP contribution in [0.1, 0.15) is 0 Å². The van der Waals surface area contributed by atoms with Crippen molar-refractivity contribution in [2.45, 2.75) is 18.4 Å². The fourth-order valence-electron chi connectivity index (χ4n) is 2.30. The second-order valence-corrected chi connectivity index (χ2v) is 6.99. The number of phosphoric ester groups is 1. The maximum atomic E-state index is 11.9. The predicted molar refractivity (Wildman–Crippen MR) is 89.7 cm³/mol. The normalized spacial score (nSPS) is 23.3. The molecule has 0 saturated carbocycles. The largest absolute Gasteiger partial charge is 2.00 e. The molecule has 0 bridgehead atoms. The van der Waals surface area contributed by atoms with Crippen LogP contribution < -0.4 is 31.3 Å². The van der Waals surface area contributed by atoms with Crippen LogP contribution in [0.3, 0.4) is 0 Å². The molecule has 3 heterocycles. The van der Waals surface area contributed by atoms with E-state index in [1.54, 1.807) is 0 Å². The molecule has 3 atom stereocenters. The summed E-state index contributed by atoms with van der Waals surface area (Å²) in [5.41, 5.74) is 5.52. The van der Waals surface area contributed by atoms with Gasteiger partial charge in [-0.2, -0.15) is 9.89 Å². The van der Waals surface area contributed by atoms with Crippen LogP contribution in [0, 0.1) is 0 Å². The van der Waals surface area contributed by atoms with Gasteiger partial charge in [0.05, 0.1) is 26.2 Å². The standard InChI is InChI=1S/C10H14N5O6PS2.2H2O.W/c11-10-14-7-4(8(16)15-10)12-3-6(24)5(23)2(21-9(3)13-7)1-20-22(17,18)19;;;/h2-3,9,12,23-24H,1H2,(H2,17,18,19)(H4,11,13,14,15,16);2*1H2;/q;;;+2/p-4/t2-,3+,9-;;;/m1.../s1. The van der Waals surface area contributed by atoms with Crippen LogP contribution in [0.25, 0.3) is 0 Å². The molecule has 8 N–H and O–H groups in total. The van der Waals surface area contributed by atoms with Gasteiger partial charge in [0.2, 0.25) is 5.95 Å². The Labute approximate surface area is 178 Å². The number of nitrogens with two attached hydrogens (primary N) is 1. The van der Waals surface area contributed by atoms with E-state index in [1.165, 1.54) is 0 Å². The Balaban J connectivity index is 0.00000225. The molecule has 0 amide bonds. The van der Waals surface area contributed by atoms with Crippen LogP contribution in [-0.2, 0) is 47.5 Å². The van der Waals surface area contributed by atoms with Crippen LogP contribution >= 0.6 is 20.5 Å². The fourth-order valence-corrected chi connectivity index (χ4v) is 3.21. The Hall–Kier alpha value is -0.732. The van der Waals surface area contributed by atoms with Crippen molar-refractivity contribution in [1.82, 2.24) is 9.97 Å². The molecule has 0 aromatic carbocycles. The number of fused-ring (bicyclic) bond motifs is 2. The summed E-state index contributed by atoms with van der Waals surface area (Å²) >= 11 is 9.44. The van der Waals surface area contributed by atoms with Crippen molar-refractivity contribution in [3.05, 3.63) is 9.81 Å². The van der Waals surface area contributed by atoms with Gasteiger partial charge < -0.3 is 68.7 Å². The summed E-state index contributed by atoms with van der Waals surface area (Å²) in [4.78, 5) is 29.1. The number of nitrogens with zero attached hydrogens (tertiary/aromatic N) is 2. The first-order valence-corrected chi connectivity index (χ1v) is 8.77. The number of nitrogen functional groups attached to an aromatic ring is 1. The minimum atomic E-state index is -5.17. The summed E-state index contributed by atoms with van der Waals surface area (Å²) in [6.07, 6.45) is -1.79. The van der Waals surface area contributed by atoms with Gasteiger partial charge in [0.15, 0.2) is 12.0 Å². The van der Waals surface area contributed by atoms with E-state index in [1.807, 2.05) is 0 Å². The predicted octanol–water partition coefficient (Wildman–Crippen LogP) is -4.06. The van der Waals surface area contributed by atoms with Gasteiger partial charge in [-0.05, 0) is 4.91 Å². The number of rotatable bonds is 3. The zero-order valence-electron chi connectivity index (χ0n) is 13.1. The first kappa shape index (κ1) is 26.3. The molecule has 152 valence electrons. The third kappa shape index (κ3) is 5.64. The molecule has 17 heteroatoms. The van der Waals surface area contributed by atoms with Crippen molar-refractivity contribution in [2.75, 3.05) is 23.0 Å². The number of nitrogens with one attached hydrogen (secondary N) is 2. The maximum Gasteiger partial charge on any atom is 2.00 e. The molecular weight excluding hydrogens is 597 g/mol. The maximum absolute atomic E-state index is 11.9. The van der Waals surface area contributed by atoms with E-state index in [0.29, 0.717) is 4.91 Å². The zero-order chi connectivity index (χ0) is 17.6. The van der Waals surface area contributed by atoms with E-state index in [-0.39, 0.29) is 54.4 Å². The van der Waals surface area contributed by atoms with Gasteiger partial charge in [-0.1, -0.05) is 0 Å². The van der Waals surface area contributed by atoms with Crippen molar-refractivity contribution in [2.24, 2.45) is 0 Å². The molecule has 0 fully saturated rings. The first-order valence-electron chi connectivity index (χ1n) is 6.45. The van der Waals surface area contributed by atoms with E-state index in [2.05, 4.69) is 37.8 Å². The molecule has 0 unspecified atom stereocenters. The minimum Gasteiger partial charge on any atom is -0.857 e.